The molecule has 1 rings (SSSR count). The zero-order valence-corrected chi connectivity index (χ0v) is 12.6. The summed E-state index contributed by atoms with van der Waals surface area (Å²) in [5.74, 6) is 0.714. The molecular formula is C15H23NO5. The zero-order chi connectivity index (χ0) is 15.5. The number of hydrogen-bond acceptors (Lipinski definition) is 5. The molecule has 6 nitrogen and oxygen atoms in total. The van der Waals surface area contributed by atoms with E-state index in [0.717, 1.165) is 6.42 Å². The van der Waals surface area contributed by atoms with Crippen LogP contribution in [0, 0.1) is 0 Å². The average molecular weight is 297 g/mol. The van der Waals surface area contributed by atoms with Gasteiger partial charge in [0.2, 0.25) is 0 Å². The largest absolute Gasteiger partial charge is 0.490 e. The molecule has 0 aromatic heterocycles. The molecule has 0 atom stereocenters. The molecule has 0 aliphatic rings. The lowest BCUT2D eigenvalue weighted by atomic mass is 10.2. The Morgan fingerprint density at radius 2 is 2.14 bits per heavy atom. The number of para-hydroxylation sites is 1. The predicted octanol–water partition coefficient (Wildman–Crippen LogP) is 1.11. The van der Waals surface area contributed by atoms with Crippen LogP contribution in [-0.2, 0) is 16.1 Å². The molecule has 0 spiro atoms. The number of nitrogens with one attached hydrogen (secondary N) is 1. The summed E-state index contributed by atoms with van der Waals surface area (Å²) < 4.78 is 15.8. The molecule has 0 aliphatic carbocycles. The van der Waals surface area contributed by atoms with Gasteiger partial charge in [-0.25, -0.2) is 0 Å². The van der Waals surface area contributed by atoms with Gasteiger partial charge < -0.3 is 24.6 Å². The van der Waals surface area contributed by atoms with E-state index in [9.17, 15) is 9.90 Å². The molecule has 21 heavy (non-hydrogen) atoms. The summed E-state index contributed by atoms with van der Waals surface area (Å²) in [5, 5.41) is 12.1. The van der Waals surface area contributed by atoms with Crippen molar-refractivity contribution < 1.29 is 24.1 Å². The summed E-state index contributed by atoms with van der Waals surface area (Å²) in [6.07, 6.45) is 0.750. The van der Waals surface area contributed by atoms with Gasteiger partial charge in [-0.3, -0.25) is 4.79 Å². The molecular weight excluding hydrogens is 274 g/mol. The number of amides is 1. The number of rotatable bonds is 10. The Morgan fingerprint density at radius 1 is 1.33 bits per heavy atom. The standard InChI is InChI=1S/C15H23NO5/c1-3-20-13-7-4-6-12(10-17)15(13)21-11-14(18)16-8-5-9-19-2/h4,6-7,17H,3,5,8-11H2,1-2H3,(H,16,18). The summed E-state index contributed by atoms with van der Waals surface area (Å²) in [6.45, 7) is 3.18. The van der Waals surface area contributed by atoms with Crippen LogP contribution < -0.4 is 14.8 Å². The SMILES string of the molecule is CCOc1cccc(CO)c1OCC(=O)NCCCOC. The fourth-order valence-electron chi connectivity index (χ4n) is 1.75. The van der Waals surface area contributed by atoms with Crippen LogP contribution in [0.3, 0.4) is 0 Å². The number of ether oxygens (including phenoxy) is 3. The maximum Gasteiger partial charge on any atom is 0.257 e. The van der Waals surface area contributed by atoms with Crippen LogP contribution in [0.1, 0.15) is 18.9 Å². The average Bonchev–Trinajstić information content (AvgIpc) is 2.50. The number of aliphatic hydroxyl groups excluding tert-OH is 1. The van der Waals surface area contributed by atoms with Gasteiger partial charge in [-0.15, -0.1) is 0 Å². The second-order valence-electron chi connectivity index (χ2n) is 4.32. The van der Waals surface area contributed by atoms with Crippen LogP contribution in [0.5, 0.6) is 11.5 Å². The third-order valence-corrected chi connectivity index (χ3v) is 2.73. The van der Waals surface area contributed by atoms with E-state index in [1.165, 1.54) is 0 Å². The highest BCUT2D eigenvalue weighted by Gasteiger charge is 2.12. The van der Waals surface area contributed by atoms with E-state index in [1.54, 1.807) is 25.3 Å². The highest BCUT2D eigenvalue weighted by atomic mass is 16.5. The lowest BCUT2D eigenvalue weighted by Crippen LogP contribution is -2.30. The highest BCUT2D eigenvalue weighted by molar-refractivity contribution is 5.77. The van der Waals surface area contributed by atoms with E-state index >= 15 is 0 Å². The van der Waals surface area contributed by atoms with Crippen molar-refractivity contribution in [1.82, 2.24) is 5.32 Å². The summed E-state index contributed by atoms with van der Waals surface area (Å²) in [7, 11) is 1.62. The summed E-state index contributed by atoms with van der Waals surface area (Å²) in [4.78, 5) is 11.7. The van der Waals surface area contributed by atoms with Crippen molar-refractivity contribution in [2.75, 3.05) is 33.5 Å². The molecule has 0 bridgehead atoms. The maximum atomic E-state index is 11.7. The molecule has 0 heterocycles. The van der Waals surface area contributed by atoms with Gasteiger partial charge in [0.05, 0.1) is 13.2 Å². The molecule has 0 saturated carbocycles. The quantitative estimate of drug-likeness (QED) is 0.633. The lowest BCUT2D eigenvalue weighted by Gasteiger charge is -2.14. The first-order chi connectivity index (χ1) is 10.2. The fourth-order valence-corrected chi connectivity index (χ4v) is 1.75. The molecule has 6 heteroatoms. The van der Waals surface area contributed by atoms with Crippen molar-refractivity contribution in [2.45, 2.75) is 20.0 Å². The van der Waals surface area contributed by atoms with E-state index in [-0.39, 0.29) is 19.1 Å². The van der Waals surface area contributed by atoms with Crippen LogP contribution >= 0.6 is 0 Å². The van der Waals surface area contributed by atoms with Crippen molar-refractivity contribution in [3.8, 4) is 11.5 Å². The van der Waals surface area contributed by atoms with Crippen molar-refractivity contribution in [1.29, 1.82) is 0 Å². The minimum absolute atomic E-state index is 0.121. The van der Waals surface area contributed by atoms with Crippen LogP contribution in [0.2, 0.25) is 0 Å². The normalized spacial score (nSPS) is 10.2. The van der Waals surface area contributed by atoms with Crippen molar-refractivity contribution in [2.24, 2.45) is 0 Å². The minimum atomic E-state index is -0.221. The van der Waals surface area contributed by atoms with Gasteiger partial charge in [0.15, 0.2) is 18.1 Å². The molecule has 2 N–H and O–H groups in total. The number of carbonyl (C=O) groups is 1. The Kier molecular flexibility index (Phi) is 8.23. The number of aliphatic hydroxyl groups is 1. The Morgan fingerprint density at radius 3 is 2.81 bits per heavy atom. The maximum absolute atomic E-state index is 11.7. The Bertz CT molecular complexity index is 436. The molecule has 0 aliphatic heterocycles. The molecule has 1 amide bonds. The van der Waals surface area contributed by atoms with Gasteiger partial charge in [-0.1, -0.05) is 12.1 Å². The van der Waals surface area contributed by atoms with Gasteiger partial charge in [0.25, 0.3) is 5.91 Å². The number of benzene rings is 1. The first-order valence-corrected chi connectivity index (χ1v) is 6.96. The third kappa shape index (κ3) is 6.01. The molecule has 0 fully saturated rings. The summed E-state index contributed by atoms with van der Waals surface area (Å²) >= 11 is 0. The topological polar surface area (TPSA) is 77.0 Å². The first-order valence-electron chi connectivity index (χ1n) is 6.96. The van der Waals surface area contributed by atoms with Gasteiger partial charge in [-0.05, 0) is 19.4 Å². The number of methoxy groups -OCH3 is 1. The van der Waals surface area contributed by atoms with Crippen molar-refractivity contribution in [3.05, 3.63) is 23.8 Å². The van der Waals surface area contributed by atoms with E-state index in [4.69, 9.17) is 14.2 Å². The van der Waals surface area contributed by atoms with Gasteiger partial charge in [0, 0.05) is 25.8 Å². The molecule has 0 unspecified atom stereocenters. The van der Waals surface area contributed by atoms with Crippen molar-refractivity contribution in [3.63, 3.8) is 0 Å². The fraction of sp³-hybridized carbons (Fsp3) is 0.533. The van der Waals surface area contributed by atoms with Gasteiger partial charge in [-0.2, -0.15) is 0 Å². The predicted molar refractivity (Wildman–Crippen MR) is 78.5 cm³/mol. The number of hydrogen-bond donors (Lipinski definition) is 2. The molecule has 1 aromatic carbocycles. The minimum Gasteiger partial charge on any atom is -0.490 e. The van der Waals surface area contributed by atoms with Gasteiger partial charge in [0.1, 0.15) is 0 Å². The third-order valence-electron chi connectivity index (χ3n) is 2.73. The smallest absolute Gasteiger partial charge is 0.257 e. The van der Waals surface area contributed by atoms with Crippen LogP contribution in [0.15, 0.2) is 18.2 Å². The molecule has 118 valence electrons. The van der Waals surface area contributed by atoms with Crippen LogP contribution in [-0.4, -0.2) is 44.5 Å². The monoisotopic (exact) mass is 297 g/mol. The van der Waals surface area contributed by atoms with Crippen LogP contribution in [0.25, 0.3) is 0 Å². The summed E-state index contributed by atoms with van der Waals surface area (Å²) in [5.41, 5.74) is 0.591. The Labute approximate surface area is 125 Å². The molecule has 0 saturated heterocycles. The van der Waals surface area contributed by atoms with E-state index in [0.29, 0.717) is 36.8 Å². The van der Waals surface area contributed by atoms with Gasteiger partial charge >= 0.3 is 0 Å². The Hall–Kier alpha value is -1.79. The second-order valence-corrected chi connectivity index (χ2v) is 4.32. The Balaban J connectivity index is 2.55. The van der Waals surface area contributed by atoms with Crippen LogP contribution in [0.4, 0.5) is 0 Å². The highest BCUT2D eigenvalue weighted by Crippen LogP contribution is 2.31. The lowest BCUT2D eigenvalue weighted by molar-refractivity contribution is -0.123. The van der Waals surface area contributed by atoms with E-state index < -0.39 is 0 Å². The van der Waals surface area contributed by atoms with E-state index in [1.807, 2.05) is 6.92 Å². The molecule has 0 radical (unpaired) electrons. The zero-order valence-electron chi connectivity index (χ0n) is 12.6. The number of carbonyl (C=O) groups excluding carboxylic acids is 1. The van der Waals surface area contributed by atoms with Crippen molar-refractivity contribution >= 4 is 5.91 Å². The second kappa shape index (κ2) is 10.0. The van der Waals surface area contributed by atoms with E-state index in [2.05, 4.69) is 5.32 Å². The first kappa shape index (κ1) is 17.3. The molecule has 1 aromatic rings. The summed E-state index contributed by atoms with van der Waals surface area (Å²) in [6, 6.07) is 5.25.